The van der Waals surface area contributed by atoms with Crippen molar-refractivity contribution < 1.29 is 9.53 Å². The van der Waals surface area contributed by atoms with Crippen LogP contribution >= 0.6 is 0 Å². The molecule has 6 heteroatoms. The molecule has 2 N–H and O–H groups in total. The third kappa shape index (κ3) is 5.28. The quantitative estimate of drug-likeness (QED) is 0.672. The predicted molar refractivity (Wildman–Crippen MR) is 107 cm³/mol. The van der Waals surface area contributed by atoms with Crippen LogP contribution in [-0.2, 0) is 0 Å². The molecule has 0 aliphatic rings. The van der Waals surface area contributed by atoms with Gasteiger partial charge in [0.15, 0.2) is 11.5 Å². The molecular weight excluding hydrogens is 340 g/mol. The summed E-state index contributed by atoms with van der Waals surface area (Å²) in [6.07, 6.45) is 0.133. The number of nitrogens with one attached hydrogen (secondary N) is 2. The average molecular weight is 362 g/mol. The number of hydrogen-bond donors (Lipinski definition) is 2. The number of carbonyl (C=O) groups is 1. The Kier molecular flexibility index (Phi) is 5.66. The second-order valence-electron chi connectivity index (χ2n) is 6.44. The summed E-state index contributed by atoms with van der Waals surface area (Å²) in [7, 11) is 0. The van der Waals surface area contributed by atoms with Crippen LogP contribution < -0.4 is 15.4 Å². The molecule has 1 aromatic heterocycles. The molecule has 138 valence electrons. The molecule has 3 aromatic rings. The van der Waals surface area contributed by atoms with Crippen molar-refractivity contribution in [3.8, 4) is 5.75 Å². The second-order valence-corrected chi connectivity index (χ2v) is 6.44. The highest BCUT2D eigenvalue weighted by Gasteiger charge is 2.09. The zero-order valence-electron chi connectivity index (χ0n) is 15.6. The lowest BCUT2D eigenvalue weighted by Gasteiger charge is -2.11. The van der Waals surface area contributed by atoms with Gasteiger partial charge in [-0.05, 0) is 69.3 Å². The topological polar surface area (TPSA) is 76.1 Å². The van der Waals surface area contributed by atoms with Crippen molar-refractivity contribution in [3.63, 3.8) is 0 Å². The number of ether oxygens (including phenoxy) is 1. The summed E-state index contributed by atoms with van der Waals surface area (Å²) in [6, 6.07) is 18.5. The molecule has 0 fully saturated rings. The van der Waals surface area contributed by atoms with Crippen LogP contribution in [0.15, 0.2) is 60.7 Å². The fraction of sp³-hybridized carbons (Fsp3) is 0.190. The number of benzene rings is 2. The Morgan fingerprint density at radius 1 is 0.889 bits per heavy atom. The Morgan fingerprint density at radius 3 is 2.15 bits per heavy atom. The van der Waals surface area contributed by atoms with Crippen molar-refractivity contribution in [3.05, 3.63) is 71.9 Å². The summed E-state index contributed by atoms with van der Waals surface area (Å²) in [4.78, 5) is 12.2. The third-order valence-electron chi connectivity index (χ3n) is 3.71. The van der Waals surface area contributed by atoms with E-state index in [9.17, 15) is 4.79 Å². The van der Waals surface area contributed by atoms with E-state index in [1.54, 1.807) is 12.1 Å². The molecule has 1 heterocycles. The van der Waals surface area contributed by atoms with Gasteiger partial charge in [-0.1, -0.05) is 17.7 Å². The maximum Gasteiger partial charge on any atom is 0.276 e. The molecule has 0 spiro atoms. The van der Waals surface area contributed by atoms with E-state index < -0.39 is 0 Å². The molecule has 3 rings (SSSR count). The minimum absolute atomic E-state index is 0.133. The lowest BCUT2D eigenvalue weighted by molar-refractivity contribution is 0.102. The summed E-state index contributed by atoms with van der Waals surface area (Å²) < 4.78 is 5.62. The van der Waals surface area contributed by atoms with Crippen LogP contribution in [0.4, 0.5) is 17.2 Å². The fourth-order valence-corrected chi connectivity index (χ4v) is 2.39. The Labute approximate surface area is 158 Å². The minimum Gasteiger partial charge on any atom is -0.491 e. The van der Waals surface area contributed by atoms with Gasteiger partial charge in [0.05, 0.1) is 6.10 Å². The van der Waals surface area contributed by atoms with Crippen LogP contribution in [0.25, 0.3) is 0 Å². The summed E-state index contributed by atoms with van der Waals surface area (Å²) in [6.45, 7) is 5.96. The first-order valence-electron chi connectivity index (χ1n) is 8.75. The van der Waals surface area contributed by atoms with Crippen molar-refractivity contribution in [2.45, 2.75) is 26.9 Å². The summed E-state index contributed by atoms with van der Waals surface area (Å²) >= 11 is 0. The SMILES string of the molecule is Cc1ccc(NC(=O)c2ccc(Nc3ccc(OC(C)C)cc3)nn2)cc1. The number of hydrogen-bond acceptors (Lipinski definition) is 5. The van der Waals surface area contributed by atoms with E-state index in [2.05, 4.69) is 20.8 Å². The molecule has 0 saturated carbocycles. The van der Waals surface area contributed by atoms with Crippen molar-refractivity contribution in [1.82, 2.24) is 10.2 Å². The largest absolute Gasteiger partial charge is 0.491 e. The first kappa shape index (κ1) is 18.4. The van der Waals surface area contributed by atoms with E-state index in [4.69, 9.17) is 4.74 Å². The van der Waals surface area contributed by atoms with E-state index in [0.29, 0.717) is 5.82 Å². The van der Waals surface area contributed by atoms with E-state index in [1.165, 1.54) is 0 Å². The van der Waals surface area contributed by atoms with Crippen LogP contribution in [0.1, 0.15) is 29.9 Å². The van der Waals surface area contributed by atoms with Crippen molar-refractivity contribution >= 4 is 23.1 Å². The summed E-state index contributed by atoms with van der Waals surface area (Å²) in [5.41, 5.74) is 2.96. The molecule has 0 aliphatic carbocycles. The average Bonchev–Trinajstić information content (AvgIpc) is 2.65. The van der Waals surface area contributed by atoms with Crippen LogP contribution in [0.5, 0.6) is 5.75 Å². The van der Waals surface area contributed by atoms with E-state index in [-0.39, 0.29) is 17.7 Å². The number of aryl methyl sites for hydroxylation is 1. The second kappa shape index (κ2) is 8.31. The van der Waals surface area contributed by atoms with Crippen LogP contribution in [0, 0.1) is 6.92 Å². The number of anilines is 3. The molecule has 6 nitrogen and oxygen atoms in total. The zero-order chi connectivity index (χ0) is 19.2. The number of nitrogens with zero attached hydrogens (tertiary/aromatic N) is 2. The van der Waals surface area contributed by atoms with Gasteiger partial charge in [-0.3, -0.25) is 4.79 Å². The summed E-state index contributed by atoms with van der Waals surface area (Å²) in [5.74, 6) is 1.07. The molecule has 1 amide bonds. The molecule has 0 bridgehead atoms. The number of carbonyl (C=O) groups excluding carboxylic acids is 1. The molecule has 0 saturated heterocycles. The Hall–Kier alpha value is -3.41. The van der Waals surface area contributed by atoms with E-state index >= 15 is 0 Å². The van der Waals surface area contributed by atoms with Crippen molar-refractivity contribution in [1.29, 1.82) is 0 Å². The maximum atomic E-state index is 12.2. The Balaban J connectivity index is 1.61. The Bertz CT molecular complexity index is 889. The highest BCUT2D eigenvalue weighted by Crippen LogP contribution is 2.19. The van der Waals surface area contributed by atoms with Crippen LogP contribution in [0.2, 0.25) is 0 Å². The maximum absolute atomic E-state index is 12.2. The van der Waals surface area contributed by atoms with Gasteiger partial charge in [0, 0.05) is 11.4 Å². The van der Waals surface area contributed by atoms with E-state index in [0.717, 1.165) is 22.7 Å². The van der Waals surface area contributed by atoms with Gasteiger partial charge in [0.2, 0.25) is 0 Å². The van der Waals surface area contributed by atoms with Crippen LogP contribution in [0.3, 0.4) is 0 Å². The molecule has 0 aliphatic heterocycles. The predicted octanol–water partition coefficient (Wildman–Crippen LogP) is 4.57. The lowest BCUT2D eigenvalue weighted by Crippen LogP contribution is -2.14. The Morgan fingerprint density at radius 2 is 1.56 bits per heavy atom. The molecule has 27 heavy (non-hydrogen) atoms. The van der Waals surface area contributed by atoms with Gasteiger partial charge in [0.1, 0.15) is 5.75 Å². The number of rotatable bonds is 6. The van der Waals surface area contributed by atoms with Crippen molar-refractivity contribution in [2.75, 3.05) is 10.6 Å². The zero-order valence-corrected chi connectivity index (χ0v) is 15.6. The first-order chi connectivity index (χ1) is 13.0. The van der Waals surface area contributed by atoms with Gasteiger partial charge in [-0.15, -0.1) is 10.2 Å². The third-order valence-corrected chi connectivity index (χ3v) is 3.71. The molecule has 2 aromatic carbocycles. The molecule has 0 radical (unpaired) electrons. The molecular formula is C21H22N4O2. The highest BCUT2D eigenvalue weighted by molar-refractivity contribution is 6.02. The normalized spacial score (nSPS) is 10.5. The standard InChI is InChI=1S/C21H22N4O2/c1-14(2)27-18-10-8-16(9-11-18)22-20-13-12-19(24-25-20)21(26)23-17-6-4-15(3)5-7-17/h4-14H,1-3H3,(H,22,25)(H,23,26). The van der Waals surface area contributed by atoms with Gasteiger partial charge in [-0.2, -0.15) is 0 Å². The molecule has 0 atom stereocenters. The van der Waals surface area contributed by atoms with Gasteiger partial charge in [-0.25, -0.2) is 0 Å². The molecule has 0 unspecified atom stereocenters. The van der Waals surface area contributed by atoms with Gasteiger partial charge < -0.3 is 15.4 Å². The van der Waals surface area contributed by atoms with Gasteiger partial charge >= 0.3 is 0 Å². The monoisotopic (exact) mass is 362 g/mol. The highest BCUT2D eigenvalue weighted by atomic mass is 16.5. The fourth-order valence-electron chi connectivity index (χ4n) is 2.39. The lowest BCUT2D eigenvalue weighted by atomic mass is 10.2. The minimum atomic E-state index is -0.298. The van der Waals surface area contributed by atoms with Crippen molar-refractivity contribution in [2.24, 2.45) is 0 Å². The van der Waals surface area contributed by atoms with E-state index in [1.807, 2.05) is 69.3 Å². The number of aromatic nitrogens is 2. The smallest absolute Gasteiger partial charge is 0.276 e. The summed E-state index contributed by atoms with van der Waals surface area (Å²) in [5, 5.41) is 14.0. The first-order valence-corrected chi connectivity index (χ1v) is 8.75. The van der Waals surface area contributed by atoms with Crippen LogP contribution in [-0.4, -0.2) is 22.2 Å². The number of amides is 1. The van der Waals surface area contributed by atoms with Gasteiger partial charge in [0.25, 0.3) is 5.91 Å².